The molecule has 3 atom stereocenters. The van der Waals surface area contributed by atoms with E-state index in [1.807, 2.05) is 0 Å². The van der Waals surface area contributed by atoms with Crippen molar-refractivity contribution in [3.63, 3.8) is 0 Å². The average Bonchev–Trinajstić information content (AvgIpc) is 2.89. The molecular formula is C18H35NS. The summed E-state index contributed by atoms with van der Waals surface area (Å²) in [6.45, 7) is 10.7. The molecule has 2 fully saturated rings. The van der Waals surface area contributed by atoms with Gasteiger partial charge in [-0.3, -0.25) is 0 Å². The third-order valence-corrected chi connectivity index (χ3v) is 7.12. The quantitative estimate of drug-likeness (QED) is 0.757. The van der Waals surface area contributed by atoms with E-state index in [-0.39, 0.29) is 0 Å². The summed E-state index contributed by atoms with van der Waals surface area (Å²) < 4.78 is 0. The standard InChI is InChI=1S/C18H35NS/c1-5-19-16-11-10-15(18(2,3)4)12-17(16)20-13-14-8-6-7-9-14/h14-17,19H,5-13H2,1-4H3. The minimum atomic E-state index is 0.489. The second-order valence-electron chi connectivity index (χ2n) is 8.06. The molecule has 0 spiro atoms. The predicted molar refractivity (Wildman–Crippen MR) is 92.5 cm³/mol. The summed E-state index contributed by atoms with van der Waals surface area (Å²) in [6.07, 6.45) is 10.2. The van der Waals surface area contributed by atoms with Gasteiger partial charge in [-0.1, -0.05) is 40.5 Å². The molecule has 2 saturated carbocycles. The predicted octanol–water partition coefficient (Wildman–Crippen LogP) is 5.10. The van der Waals surface area contributed by atoms with Gasteiger partial charge in [0.25, 0.3) is 0 Å². The Hall–Kier alpha value is 0.310. The fourth-order valence-electron chi connectivity index (χ4n) is 4.03. The van der Waals surface area contributed by atoms with Crippen LogP contribution in [0.3, 0.4) is 0 Å². The summed E-state index contributed by atoms with van der Waals surface area (Å²) in [6, 6.07) is 0.769. The van der Waals surface area contributed by atoms with Crippen LogP contribution in [0.1, 0.15) is 72.6 Å². The van der Waals surface area contributed by atoms with Crippen molar-refractivity contribution in [2.45, 2.75) is 83.9 Å². The number of rotatable bonds is 5. The smallest absolute Gasteiger partial charge is 0.0204 e. The van der Waals surface area contributed by atoms with Crippen molar-refractivity contribution in [1.82, 2.24) is 5.32 Å². The van der Waals surface area contributed by atoms with Crippen LogP contribution in [0.15, 0.2) is 0 Å². The fraction of sp³-hybridized carbons (Fsp3) is 1.00. The lowest BCUT2D eigenvalue weighted by molar-refractivity contribution is 0.165. The van der Waals surface area contributed by atoms with Crippen LogP contribution in [0.5, 0.6) is 0 Å². The van der Waals surface area contributed by atoms with E-state index in [9.17, 15) is 0 Å². The topological polar surface area (TPSA) is 12.0 Å². The molecule has 0 radical (unpaired) electrons. The van der Waals surface area contributed by atoms with Gasteiger partial charge in [-0.25, -0.2) is 0 Å². The van der Waals surface area contributed by atoms with Crippen LogP contribution < -0.4 is 5.32 Å². The minimum absolute atomic E-state index is 0.489. The Bertz CT molecular complexity index is 278. The molecule has 1 N–H and O–H groups in total. The third-order valence-electron chi connectivity index (χ3n) is 5.50. The van der Waals surface area contributed by atoms with Crippen LogP contribution in [0.4, 0.5) is 0 Å². The Morgan fingerprint density at radius 3 is 2.35 bits per heavy atom. The van der Waals surface area contributed by atoms with E-state index >= 15 is 0 Å². The Balaban J connectivity index is 1.88. The molecule has 20 heavy (non-hydrogen) atoms. The minimum Gasteiger partial charge on any atom is -0.313 e. The van der Waals surface area contributed by atoms with Gasteiger partial charge in [-0.2, -0.15) is 11.8 Å². The van der Waals surface area contributed by atoms with E-state index in [1.54, 1.807) is 0 Å². The van der Waals surface area contributed by atoms with Crippen molar-refractivity contribution in [3.05, 3.63) is 0 Å². The highest BCUT2D eigenvalue weighted by atomic mass is 32.2. The Morgan fingerprint density at radius 1 is 1.05 bits per heavy atom. The summed E-state index contributed by atoms with van der Waals surface area (Å²) in [5.74, 6) is 3.36. The lowest BCUT2D eigenvalue weighted by atomic mass is 9.71. The van der Waals surface area contributed by atoms with Crippen LogP contribution in [-0.4, -0.2) is 23.6 Å². The Morgan fingerprint density at radius 2 is 1.75 bits per heavy atom. The normalized spacial score (nSPS) is 32.7. The molecule has 0 heterocycles. The van der Waals surface area contributed by atoms with E-state index < -0.39 is 0 Å². The van der Waals surface area contributed by atoms with Crippen LogP contribution in [0, 0.1) is 17.3 Å². The molecule has 0 saturated heterocycles. The summed E-state index contributed by atoms with van der Waals surface area (Å²) in [5, 5.41) is 4.62. The summed E-state index contributed by atoms with van der Waals surface area (Å²) >= 11 is 2.30. The van der Waals surface area contributed by atoms with Crippen molar-refractivity contribution in [1.29, 1.82) is 0 Å². The first-order chi connectivity index (χ1) is 9.50. The van der Waals surface area contributed by atoms with Gasteiger partial charge in [0.2, 0.25) is 0 Å². The Labute approximate surface area is 131 Å². The molecule has 3 unspecified atom stereocenters. The van der Waals surface area contributed by atoms with E-state index in [0.717, 1.165) is 29.7 Å². The fourth-order valence-corrected chi connectivity index (χ4v) is 5.72. The summed E-state index contributed by atoms with van der Waals surface area (Å²) in [5.41, 5.74) is 0.489. The number of nitrogens with one attached hydrogen (secondary N) is 1. The van der Waals surface area contributed by atoms with E-state index in [1.165, 1.54) is 50.7 Å². The summed E-state index contributed by atoms with van der Waals surface area (Å²) in [7, 11) is 0. The lowest BCUT2D eigenvalue weighted by Gasteiger charge is -2.42. The first kappa shape index (κ1) is 16.7. The lowest BCUT2D eigenvalue weighted by Crippen LogP contribution is -2.45. The highest BCUT2D eigenvalue weighted by Gasteiger charge is 2.36. The van der Waals surface area contributed by atoms with Crippen LogP contribution in [0.2, 0.25) is 0 Å². The molecule has 1 nitrogen and oxygen atoms in total. The van der Waals surface area contributed by atoms with Crippen molar-refractivity contribution >= 4 is 11.8 Å². The molecule has 0 aliphatic heterocycles. The zero-order chi connectivity index (χ0) is 14.6. The van der Waals surface area contributed by atoms with Gasteiger partial charge >= 0.3 is 0 Å². The van der Waals surface area contributed by atoms with Crippen LogP contribution >= 0.6 is 11.8 Å². The zero-order valence-electron chi connectivity index (χ0n) is 14.1. The molecule has 0 aromatic heterocycles. The molecule has 2 heteroatoms. The highest BCUT2D eigenvalue weighted by molar-refractivity contribution is 7.99. The third kappa shape index (κ3) is 4.66. The second-order valence-corrected chi connectivity index (χ2v) is 9.33. The molecule has 0 bridgehead atoms. The van der Waals surface area contributed by atoms with Gasteiger partial charge < -0.3 is 5.32 Å². The van der Waals surface area contributed by atoms with Crippen LogP contribution in [0.25, 0.3) is 0 Å². The van der Waals surface area contributed by atoms with Gasteiger partial charge in [0.15, 0.2) is 0 Å². The molecule has 118 valence electrons. The molecule has 0 aromatic rings. The highest BCUT2D eigenvalue weighted by Crippen LogP contribution is 2.42. The first-order valence-corrected chi connectivity index (χ1v) is 9.90. The molecule has 2 aliphatic rings. The van der Waals surface area contributed by atoms with Crippen molar-refractivity contribution in [2.75, 3.05) is 12.3 Å². The van der Waals surface area contributed by atoms with E-state index in [2.05, 4.69) is 44.8 Å². The SMILES string of the molecule is CCNC1CCC(C(C)(C)C)CC1SCC1CCCC1. The zero-order valence-corrected chi connectivity index (χ0v) is 14.9. The molecular weight excluding hydrogens is 262 g/mol. The molecule has 2 aliphatic carbocycles. The summed E-state index contributed by atoms with van der Waals surface area (Å²) in [4.78, 5) is 0. The molecule has 0 aromatic carbocycles. The first-order valence-electron chi connectivity index (χ1n) is 8.85. The maximum Gasteiger partial charge on any atom is 0.0204 e. The number of hydrogen-bond acceptors (Lipinski definition) is 2. The average molecular weight is 298 g/mol. The Kier molecular flexibility index (Phi) is 6.28. The van der Waals surface area contributed by atoms with Crippen LogP contribution in [-0.2, 0) is 0 Å². The maximum atomic E-state index is 3.76. The van der Waals surface area contributed by atoms with E-state index in [0.29, 0.717) is 5.41 Å². The van der Waals surface area contributed by atoms with Gasteiger partial charge in [0.1, 0.15) is 0 Å². The monoisotopic (exact) mass is 297 g/mol. The van der Waals surface area contributed by atoms with E-state index in [4.69, 9.17) is 0 Å². The van der Waals surface area contributed by atoms with Gasteiger partial charge in [-0.15, -0.1) is 0 Å². The molecule has 2 rings (SSSR count). The van der Waals surface area contributed by atoms with Gasteiger partial charge in [0, 0.05) is 11.3 Å². The van der Waals surface area contributed by atoms with Crippen molar-refractivity contribution in [3.8, 4) is 0 Å². The van der Waals surface area contributed by atoms with Crippen molar-refractivity contribution < 1.29 is 0 Å². The van der Waals surface area contributed by atoms with Gasteiger partial charge in [-0.05, 0) is 61.7 Å². The van der Waals surface area contributed by atoms with Crippen molar-refractivity contribution in [2.24, 2.45) is 17.3 Å². The largest absolute Gasteiger partial charge is 0.313 e. The molecule has 0 amide bonds. The number of hydrogen-bond donors (Lipinski definition) is 1. The second kappa shape index (κ2) is 7.54. The number of thioether (sulfide) groups is 1. The maximum absolute atomic E-state index is 3.76. The van der Waals surface area contributed by atoms with Gasteiger partial charge in [0.05, 0.1) is 0 Å².